The van der Waals surface area contributed by atoms with E-state index in [2.05, 4.69) is 17.2 Å². The molecule has 0 radical (unpaired) electrons. The highest BCUT2D eigenvalue weighted by atomic mass is 19.1. The van der Waals surface area contributed by atoms with Crippen LogP contribution in [0.25, 0.3) is 11.3 Å². The number of nitrogens with one attached hydrogen (secondary N) is 1. The van der Waals surface area contributed by atoms with Gasteiger partial charge in [0.05, 0.1) is 6.20 Å². The topological polar surface area (TPSA) is 55.1 Å². The van der Waals surface area contributed by atoms with Gasteiger partial charge in [0.15, 0.2) is 11.7 Å². The Morgan fingerprint density at radius 1 is 1.16 bits per heavy atom. The predicted octanol–water partition coefficient (Wildman–Crippen LogP) is 4.61. The molecule has 0 spiro atoms. The third kappa shape index (κ3) is 4.32. The van der Waals surface area contributed by atoms with Crippen molar-refractivity contribution in [3.8, 4) is 11.3 Å². The molecule has 0 aliphatic carbocycles. The second-order valence-electron chi connectivity index (χ2n) is 5.68. The molecule has 4 nitrogen and oxygen atoms in total. The van der Waals surface area contributed by atoms with Crippen LogP contribution in [-0.2, 0) is 17.6 Å². The van der Waals surface area contributed by atoms with Crippen LogP contribution in [0.5, 0.6) is 0 Å². The molecule has 128 valence electrons. The van der Waals surface area contributed by atoms with E-state index in [-0.39, 0.29) is 18.1 Å². The fourth-order valence-electron chi connectivity index (χ4n) is 2.56. The van der Waals surface area contributed by atoms with E-state index in [9.17, 15) is 9.18 Å². The lowest BCUT2D eigenvalue weighted by molar-refractivity contribution is -0.116. The van der Waals surface area contributed by atoms with E-state index in [1.54, 1.807) is 18.3 Å². The molecule has 3 aromatic rings. The second kappa shape index (κ2) is 7.75. The van der Waals surface area contributed by atoms with Crippen molar-refractivity contribution in [1.82, 2.24) is 4.98 Å². The van der Waals surface area contributed by atoms with Crippen LogP contribution in [0, 0.1) is 5.82 Å². The van der Waals surface area contributed by atoms with Crippen molar-refractivity contribution in [1.29, 1.82) is 0 Å². The van der Waals surface area contributed by atoms with Crippen molar-refractivity contribution < 1.29 is 13.6 Å². The van der Waals surface area contributed by atoms with E-state index in [0.29, 0.717) is 18.1 Å². The Balaban J connectivity index is 1.58. The Morgan fingerprint density at radius 2 is 1.92 bits per heavy atom. The summed E-state index contributed by atoms with van der Waals surface area (Å²) in [6.45, 7) is 2.05. The number of aromatic nitrogens is 1. The maximum atomic E-state index is 13.0. The molecule has 0 atom stereocenters. The molecular weight excluding hydrogens is 319 g/mol. The summed E-state index contributed by atoms with van der Waals surface area (Å²) in [5.41, 5.74) is 2.70. The zero-order chi connectivity index (χ0) is 17.6. The van der Waals surface area contributed by atoms with Crippen molar-refractivity contribution in [2.24, 2.45) is 0 Å². The summed E-state index contributed by atoms with van der Waals surface area (Å²) in [7, 11) is 0. The SMILES string of the molecule is CCc1ccccc1NC(=O)CCc1ncc(-c2ccc(F)cc2)o1. The van der Waals surface area contributed by atoms with Crippen molar-refractivity contribution in [3.63, 3.8) is 0 Å². The average molecular weight is 338 g/mol. The number of carbonyl (C=O) groups is 1. The van der Waals surface area contributed by atoms with Gasteiger partial charge < -0.3 is 9.73 Å². The first kappa shape index (κ1) is 16.9. The minimum Gasteiger partial charge on any atom is -0.441 e. The minimum atomic E-state index is -0.299. The smallest absolute Gasteiger partial charge is 0.224 e. The van der Waals surface area contributed by atoms with Crippen LogP contribution in [0.1, 0.15) is 24.8 Å². The molecule has 0 unspecified atom stereocenters. The van der Waals surface area contributed by atoms with E-state index in [0.717, 1.165) is 23.2 Å². The van der Waals surface area contributed by atoms with Gasteiger partial charge in [-0.3, -0.25) is 4.79 Å². The fraction of sp³-hybridized carbons (Fsp3) is 0.200. The van der Waals surface area contributed by atoms with E-state index >= 15 is 0 Å². The number of hydrogen-bond acceptors (Lipinski definition) is 3. The lowest BCUT2D eigenvalue weighted by atomic mass is 10.1. The zero-order valence-corrected chi connectivity index (χ0v) is 14.0. The molecule has 1 N–H and O–H groups in total. The lowest BCUT2D eigenvalue weighted by Gasteiger charge is -2.08. The molecule has 1 heterocycles. The number of anilines is 1. The van der Waals surface area contributed by atoms with Crippen LogP contribution >= 0.6 is 0 Å². The number of amides is 1. The summed E-state index contributed by atoms with van der Waals surface area (Å²) in [4.78, 5) is 16.3. The highest BCUT2D eigenvalue weighted by molar-refractivity contribution is 5.91. The number of para-hydroxylation sites is 1. The Bertz CT molecular complexity index is 856. The molecular formula is C20H19FN2O2. The van der Waals surface area contributed by atoms with Gasteiger partial charge in [-0.25, -0.2) is 9.37 Å². The molecule has 0 aliphatic rings. The summed E-state index contributed by atoms with van der Waals surface area (Å²) in [5, 5.41) is 2.93. The summed E-state index contributed by atoms with van der Waals surface area (Å²) in [6, 6.07) is 13.8. The van der Waals surface area contributed by atoms with Crippen LogP contribution in [-0.4, -0.2) is 10.9 Å². The normalized spacial score (nSPS) is 10.6. The van der Waals surface area contributed by atoms with Gasteiger partial charge in [0, 0.05) is 24.1 Å². The summed E-state index contributed by atoms with van der Waals surface area (Å²) in [5.74, 6) is 0.667. The molecule has 2 aromatic carbocycles. The molecule has 5 heteroatoms. The number of oxazole rings is 1. The van der Waals surface area contributed by atoms with Gasteiger partial charge in [0.2, 0.25) is 5.91 Å². The van der Waals surface area contributed by atoms with Crippen LogP contribution in [0.2, 0.25) is 0 Å². The largest absolute Gasteiger partial charge is 0.441 e. The number of nitrogens with zero attached hydrogens (tertiary/aromatic N) is 1. The monoisotopic (exact) mass is 338 g/mol. The molecule has 1 amide bonds. The molecule has 3 rings (SSSR count). The molecule has 1 aromatic heterocycles. The second-order valence-corrected chi connectivity index (χ2v) is 5.68. The van der Waals surface area contributed by atoms with Gasteiger partial charge >= 0.3 is 0 Å². The minimum absolute atomic E-state index is 0.0811. The van der Waals surface area contributed by atoms with Crippen LogP contribution in [0.3, 0.4) is 0 Å². The number of hydrogen-bond donors (Lipinski definition) is 1. The average Bonchev–Trinajstić information content (AvgIpc) is 3.10. The quantitative estimate of drug-likeness (QED) is 0.714. The van der Waals surface area contributed by atoms with Gasteiger partial charge in [0.1, 0.15) is 5.82 Å². The van der Waals surface area contributed by atoms with E-state index in [1.165, 1.54) is 12.1 Å². The fourth-order valence-corrected chi connectivity index (χ4v) is 2.56. The molecule has 0 saturated heterocycles. The Kier molecular flexibility index (Phi) is 5.23. The summed E-state index contributed by atoms with van der Waals surface area (Å²) in [6.07, 6.45) is 3.13. The lowest BCUT2D eigenvalue weighted by Crippen LogP contribution is -2.13. The highest BCUT2D eigenvalue weighted by Gasteiger charge is 2.10. The van der Waals surface area contributed by atoms with E-state index < -0.39 is 0 Å². The molecule has 0 aliphatic heterocycles. The standard InChI is InChI=1S/C20H19FN2O2/c1-2-14-5-3-4-6-17(14)23-19(24)11-12-20-22-13-18(25-20)15-7-9-16(21)10-8-15/h3-10,13H,2,11-12H2,1H3,(H,23,24). The number of aryl methyl sites for hydroxylation is 2. The molecule has 0 saturated carbocycles. The predicted molar refractivity (Wildman–Crippen MR) is 94.7 cm³/mol. The molecule has 25 heavy (non-hydrogen) atoms. The van der Waals surface area contributed by atoms with Gasteiger partial charge in [-0.2, -0.15) is 0 Å². The van der Waals surface area contributed by atoms with Gasteiger partial charge in [-0.1, -0.05) is 25.1 Å². The third-order valence-corrected chi connectivity index (χ3v) is 3.92. The van der Waals surface area contributed by atoms with Crippen molar-refractivity contribution >= 4 is 11.6 Å². The van der Waals surface area contributed by atoms with Crippen LogP contribution < -0.4 is 5.32 Å². The van der Waals surface area contributed by atoms with Crippen molar-refractivity contribution in [2.75, 3.05) is 5.32 Å². The maximum absolute atomic E-state index is 13.0. The summed E-state index contributed by atoms with van der Waals surface area (Å²) < 4.78 is 18.6. The van der Waals surface area contributed by atoms with Crippen LogP contribution in [0.15, 0.2) is 59.1 Å². The molecule has 0 bridgehead atoms. The van der Waals surface area contributed by atoms with Gasteiger partial charge in [-0.05, 0) is 42.3 Å². The highest BCUT2D eigenvalue weighted by Crippen LogP contribution is 2.21. The van der Waals surface area contributed by atoms with E-state index in [1.807, 2.05) is 24.3 Å². The van der Waals surface area contributed by atoms with Gasteiger partial charge in [-0.15, -0.1) is 0 Å². The first-order valence-electron chi connectivity index (χ1n) is 8.24. The third-order valence-electron chi connectivity index (χ3n) is 3.92. The Hall–Kier alpha value is -2.95. The summed E-state index contributed by atoms with van der Waals surface area (Å²) >= 11 is 0. The van der Waals surface area contributed by atoms with Gasteiger partial charge in [0.25, 0.3) is 0 Å². The number of benzene rings is 2. The van der Waals surface area contributed by atoms with Crippen molar-refractivity contribution in [2.45, 2.75) is 26.2 Å². The number of carbonyl (C=O) groups excluding carboxylic acids is 1. The van der Waals surface area contributed by atoms with Crippen molar-refractivity contribution in [3.05, 3.63) is 72.0 Å². The number of halogens is 1. The van der Waals surface area contributed by atoms with Crippen LogP contribution in [0.4, 0.5) is 10.1 Å². The van der Waals surface area contributed by atoms with E-state index in [4.69, 9.17) is 4.42 Å². The maximum Gasteiger partial charge on any atom is 0.224 e. The Morgan fingerprint density at radius 3 is 2.68 bits per heavy atom. The molecule has 0 fully saturated rings. The Labute approximate surface area is 145 Å². The first-order chi connectivity index (χ1) is 12.2. The zero-order valence-electron chi connectivity index (χ0n) is 14.0. The number of rotatable bonds is 6. The first-order valence-corrected chi connectivity index (χ1v) is 8.24.